The van der Waals surface area contributed by atoms with Crippen molar-refractivity contribution in [3.63, 3.8) is 0 Å². The molecule has 0 fully saturated rings. The molecule has 0 saturated heterocycles. The third-order valence-corrected chi connectivity index (χ3v) is 3.66. The average Bonchev–Trinajstić information content (AvgIpc) is 2.49. The van der Waals surface area contributed by atoms with Crippen LogP contribution in [0.3, 0.4) is 0 Å². The molecular weight excluding hydrogens is 274 g/mol. The Bertz CT molecular complexity index is 595. The van der Waals surface area contributed by atoms with Crippen molar-refractivity contribution in [2.75, 3.05) is 19.7 Å². The van der Waals surface area contributed by atoms with Gasteiger partial charge in [0.05, 0.1) is 12.7 Å². The maximum Gasteiger partial charge on any atom is 0.127 e. The first kappa shape index (κ1) is 16.8. The molecule has 0 aliphatic carbocycles. The largest absolute Gasteiger partial charge is 0.493 e. The van der Waals surface area contributed by atoms with E-state index in [9.17, 15) is 5.11 Å². The molecule has 0 aliphatic rings. The van der Waals surface area contributed by atoms with Gasteiger partial charge in [0.1, 0.15) is 5.75 Å². The molecule has 1 atom stereocenters. The van der Waals surface area contributed by atoms with Crippen LogP contribution in [-0.2, 0) is 6.42 Å². The molecule has 0 saturated carbocycles. The van der Waals surface area contributed by atoms with Gasteiger partial charge in [0.15, 0.2) is 0 Å². The minimum Gasteiger partial charge on any atom is -0.493 e. The van der Waals surface area contributed by atoms with Crippen molar-refractivity contribution in [1.29, 1.82) is 0 Å². The number of nitrogens with one attached hydrogen (secondary N) is 1. The summed E-state index contributed by atoms with van der Waals surface area (Å²) < 4.78 is 5.70. The lowest BCUT2D eigenvalue weighted by molar-refractivity contribution is 0.171. The quantitative estimate of drug-likeness (QED) is 0.785. The Kier molecular flexibility index (Phi) is 6.22. The van der Waals surface area contributed by atoms with Crippen LogP contribution in [0.1, 0.15) is 26.3 Å². The van der Waals surface area contributed by atoms with E-state index in [0.29, 0.717) is 25.5 Å². The maximum atomic E-state index is 10.3. The average molecular weight is 301 g/mol. The van der Waals surface area contributed by atoms with Crippen molar-refractivity contribution in [3.05, 3.63) is 42.0 Å². The third-order valence-electron chi connectivity index (χ3n) is 3.66. The van der Waals surface area contributed by atoms with E-state index >= 15 is 0 Å². The summed E-state index contributed by atoms with van der Waals surface area (Å²) in [7, 11) is 0. The van der Waals surface area contributed by atoms with Gasteiger partial charge in [-0.15, -0.1) is 0 Å². The van der Waals surface area contributed by atoms with Crippen LogP contribution in [0.4, 0.5) is 0 Å². The zero-order valence-electron chi connectivity index (χ0n) is 13.8. The van der Waals surface area contributed by atoms with Crippen LogP contribution in [0.5, 0.6) is 5.75 Å². The van der Waals surface area contributed by atoms with Gasteiger partial charge in [-0.1, -0.05) is 44.2 Å². The molecule has 0 bridgehead atoms. The second kappa shape index (κ2) is 8.16. The minimum atomic E-state index is -0.375. The molecular formula is C19H27NO2. The van der Waals surface area contributed by atoms with E-state index in [0.717, 1.165) is 28.6 Å². The van der Waals surface area contributed by atoms with Crippen LogP contribution >= 0.6 is 0 Å². The number of rotatable bonds is 8. The SMILES string of the molecule is CCOc1ccc(CC(O)CNCC(C)C)c2ccccc12. The second-order valence-electron chi connectivity index (χ2n) is 6.11. The highest BCUT2D eigenvalue weighted by molar-refractivity contribution is 5.91. The van der Waals surface area contributed by atoms with Crippen molar-refractivity contribution < 1.29 is 9.84 Å². The summed E-state index contributed by atoms with van der Waals surface area (Å²) in [6, 6.07) is 12.3. The molecule has 0 amide bonds. The molecule has 0 spiro atoms. The molecule has 0 aliphatic heterocycles. The molecule has 3 nitrogen and oxygen atoms in total. The summed E-state index contributed by atoms with van der Waals surface area (Å²) in [5.74, 6) is 1.51. The lowest BCUT2D eigenvalue weighted by Gasteiger charge is -2.16. The van der Waals surface area contributed by atoms with E-state index in [4.69, 9.17) is 4.74 Å². The van der Waals surface area contributed by atoms with Gasteiger partial charge in [0, 0.05) is 18.4 Å². The first-order chi connectivity index (χ1) is 10.6. The van der Waals surface area contributed by atoms with Gasteiger partial charge in [-0.3, -0.25) is 0 Å². The van der Waals surface area contributed by atoms with Crippen LogP contribution in [0.15, 0.2) is 36.4 Å². The summed E-state index contributed by atoms with van der Waals surface area (Å²) in [6.45, 7) is 8.54. The van der Waals surface area contributed by atoms with E-state index in [1.165, 1.54) is 0 Å². The van der Waals surface area contributed by atoms with Gasteiger partial charge in [0.25, 0.3) is 0 Å². The number of hydrogen-bond donors (Lipinski definition) is 2. The first-order valence-corrected chi connectivity index (χ1v) is 8.14. The van der Waals surface area contributed by atoms with Gasteiger partial charge in [0.2, 0.25) is 0 Å². The lowest BCUT2D eigenvalue weighted by Crippen LogP contribution is -2.30. The molecule has 120 valence electrons. The predicted octanol–water partition coefficient (Wildman–Crippen LogP) is 3.39. The Morgan fingerprint density at radius 1 is 1.05 bits per heavy atom. The summed E-state index contributed by atoms with van der Waals surface area (Å²) in [5, 5.41) is 15.8. The molecule has 1 unspecified atom stereocenters. The Labute approximate surface area is 133 Å². The van der Waals surface area contributed by atoms with E-state index in [1.807, 2.05) is 25.1 Å². The minimum absolute atomic E-state index is 0.375. The Morgan fingerprint density at radius 3 is 2.45 bits per heavy atom. The number of aliphatic hydroxyl groups excluding tert-OH is 1. The monoisotopic (exact) mass is 301 g/mol. The van der Waals surface area contributed by atoms with Gasteiger partial charge >= 0.3 is 0 Å². The predicted molar refractivity (Wildman–Crippen MR) is 92.5 cm³/mol. The Hall–Kier alpha value is -1.58. The van der Waals surface area contributed by atoms with Crippen molar-refractivity contribution in [2.24, 2.45) is 5.92 Å². The highest BCUT2D eigenvalue weighted by Crippen LogP contribution is 2.29. The van der Waals surface area contributed by atoms with Crippen LogP contribution in [-0.4, -0.2) is 30.9 Å². The summed E-state index contributed by atoms with van der Waals surface area (Å²) >= 11 is 0. The fraction of sp³-hybridized carbons (Fsp3) is 0.474. The molecule has 0 aromatic heterocycles. The van der Waals surface area contributed by atoms with Crippen molar-refractivity contribution >= 4 is 10.8 Å². The van der Waals surface area contributed by atoms with Crippen LogP contribution in [0.2, 0.25) is 0 Å². The van der Waals surface area contributed by atoms with Gasteiger partial charge in [-0.2, -0.15) is 0 Å². The van der Waals surface area contributed by atoms with Crippen molar-refractivity contribution in [2.45, 2.75) is 33.3 Å². The van der Waals surface area contributed by atoms with E-state index in [-0.39, 0.29) is 6.10 Å². The summed E-state index contributed by atoms with van der Waals surface area (Å²) in [6.07, 6.45) is 0.276. The van der Waals surface area contributed by atoms with E-state index in [1.54, 1.807) is 0 Å². The highest BCUT2D eigenvalue weighted by atomic mass is 16.5. The third kappa shape index (κ3) is 4.46. The van der Waals surface area contributed by atoms with Crippen LogP contribution in [0.25, 0.3) is 10.8 Å². The standard InChI is InChI=1S/C19H27NO2/c1-4-22-19-10-9-15(17-7-5-6-8-18(17)19)11-16(21)13-20-12-14(2)3/h5-10,14,16,20-21H,4,11-13H2,1-3H3. The number of benzene rings is 2. The number of fused-ring (bicyclic) bond motifs is 1. The van der Waals surface area contributed by atoms with E-state index < -0.39 is 0 Å². The zero-order valence-corrected chi connectivity index (χ0v) is 13.8. The Morgan fingerprint density at radius 2 is 1.77 bits per heavy atom. The van der Waals surface area contributed by atoms with Gasteiger partial charge in [-0.25, -0.2) is 0 Å². The van der Waals surface area contributed by atoms with Gasteiger partial charge in [-0.05, 0) is 36.4 Å². The number of ether oxygens (including phenoxy) is 1. The molecule has 22 heavy (non-hydrogen) atoms. The molecule has 2 rings (SSSR count). The summed E-state index contributed by atoms with van der Waals surface area (Å²) in [5.41, 5.74) is 1.16. The maximum absolute atomic E-state index is 10.3. The lowest BCUT2D eigenvalue weighted by atomic mass is 9.99. The van der Waals surface area contributed by atoms with Crippen molar-refractivity contribution in [1.82, 2.24) is 5.32 Å². The molecule has 2 aromatic rings. The number of aliphatic hydroxyl groups is 1. The molecule has 0 heterocycles. The van der Waals surface area contributed by atoms with Crippen LogP contribution in [0, 0.1) is 5.92 Å². The fourth-order valence-corrected chi connectivity index (χ4v) is 2.66. The topological polar surface area (TPSA) is 41.5 Å². The van der Waals surface area contributed by atoms with Gasteiger partial charge < -0.3 is 15.2 Å². The van der Waals surface area contributed by atoms with Crippen LogP contribution < -0.4 is 10.1 Å². The fourth-order valence-electron chi connectivity index (χ4n) is 2.66. The first-order valence-electron chi connectivity index (χ1n) is 8.14. The van der Waals surface area contributed by atoms with E-state index in [2.05, 4.69) is 37.4 Å². The number of hydrogen-bond acceptors (Lipinski definition) is 3. The molecule has 2 N–H and O–H groups in total. The molecule has 3 heteroatoms. The molecule has 0 radical (unpaired) electrons. The Balaban J connectivity index is 2.13. The summed E-state index contributed by atoms with van der Waals surface area (Å²) in [4.78, 5) is 0. The zero-order chi connectivity index (χ0) is 15.9. The smallest absolute Gasteiger partial charge is 0.127 e. The second-order valence-corrected chi connectivity index (χ2v) is 6.11. The highest BCUT2D eigenvalue weighted by Gasteiger charge is 2.11. The molecule has 2 aromatic carbocycles. The normalized spacial score (nSPS) is 12.8. The van der Waals surface area contributed by atoms with Crippen molar-refractivity contribution in [3.8, 4) is 5.75 Å².